The molecule has 2 aromatic heterocycles. The molecule has 0 N–H and O–H groups in total. The maximum absolute atomic E-state index is 12.2. The number of rotatable bonds is 2. The number of piperidine rings is 1. The van der Waals surface area contributed by atoms with Crippen LogP contribution in [0.15, 0.2) is 18.6 Å². The summed E-state index contributed by atoms with van der Waals surface area (Å²) in [6.45, 7) is 7.68. The SMILES string of the molecule is CC#CC(=O)N1C[C@@H]2C[C@H]1CN2c1nccn2c(N3CCC[C@@H](C)C3)ncc12. The van der Waals surface area contributed by atoms with Gasteiger partial charge in [-0.1, -0.05) is 12.8 Å². The number of imidazole rings is 1. The van der Waals surface area contributed by atoms with Gasteiger partial charge in [-0.3, -0.25) is 9.20 Å². The fourth-order valence-corrected chi connectivity index (χ4v) is 5.08. The molecular formula is C21H26N6O. The summed E-state index contributed by atoms with van der Waals surface area (Å²) >= 11 is 0. The number of hydrogen-bond acceptors (Lipinski definition) is 5. The third-order valence-corrected chi connectivity index (χ3v) is 6.36. The molecule has 3 atom stereocenters. The summed E-state index contributed by atoms with van der Waals surface area (Å²) in [6, 6.07) is 0.533. The van der Waals surface area contributed by atoms with Gasteiger partial charge in [-0.25, -0.2) is 9.97 Å². The zero-order chi connectivity index (χ0) is 19.3. The lowest BCUT2D eigenvalue weighted by Gasteiger charge is -2.34. The minimum Gasteiger partial charge on any atom is -0.348 e. The van der Waals surface area contributed by atoms with Crippen LogP contribution < -0.4 is 9.80 Å². The quantitative estimate of drug-likeness (QED) is 0.746. The van der Waals surface area contributed by atoms with E-state index in [4.69, 9.17) is 9.97 Å². The zero-order valence-electron chi connectivity index (χ0n) is 16.5. The number of aromatic nitrogens is 3. The van der Waals surface area contributed by atoms with Crippen LogP contribution in [0, 0.1) is 17.8 Å². The number of carbonyl (C=O) groups is 1. The van der Waals surface area contributed by atoms with E-state index in [1.807, 2.05) is 23.5 Å². The van der Waals surface area contributed by atoms with Crippen LogP contribution in [-0.2, 0) is 4.79 Å². The molecule has 2 bridgehead atoms. The van der Waals surface area contributed by atoms with Crippen molar-refractivity contribution in [2.45, 2.75) is 45.2 Å². The minimum absolute atomic E-state index is 0.0494. The van der Waals surface area contributed by atoms with Crippen molar-refractivity contribution >= 4 is 23.2 Å². The molecule has 7 heteroatoms. The van der Waals surface area contributed by atoms with E-state index >= 15 is 0 Å². The van der Waals surface area contributed by atoms with Crippen molar-refractivity contribution in [2.24, 2.45) is 5.92 Å². The molecule has 0 aliphatic carbocycles. The summed E-state index contributed by atoms with van der Waals surface area (Å²) in [7, 11) is 0. The Morgan fingerprint density at radius 1 is 1.21 bits per heavy atom. The summed E-state index contributed by atoms with van der Waals surface area (Å²) in [6.07, 6.45) is 9.34. The number of nitrogens with zero attached hydrogens (tertiary/aromatic N) is 6. The molecule has 3 aliphatic heterocycles. The Hall–Kier alpha value is -2.75. The number of anilines is 2. The molecule has 1 amide bonds. The van der Waals surface area contributed by atoms with E-state index in [2.05, 4.69) is 33.0 Å². The number of fused-ring (bicyclic) bond motifs is 3. The first-order valence-electron chi connectivity index (χ1n) is 10.2. The maximum Gasteiger partial charge on any atom is 0.298 e. The van der Waals surface area contributed by atoms with Crippen molar-refractivity contribution in [3.63, 3.8) is 0 Å². The van der Waals surface area contributed by atoms with Gasteiger partial charge in [0.05, 0.1) is 18.3 Å². The highest BCUT2D eigenvalue weighted by Crippen LogP contribution is 2.36. The fraction of sp³-hybridized carbons (Fsp3) is 0.571. The van der Waals surface area contributed by atoms with Crippen LogP contribution in [0.5, 0.6) is 0 Å². The van der Waals surface area contributed by atoms with Gasteiger partial charge in [0.15, 0.2) is 5.82 Å². The Balaban J connectivity index is 1.42. The van der Waals surface area contributed by atoms with Crippen molar-refractivity contribution in [3.8, 4) is 11.8 Å². The highest BCUT2D eigenvalue weighted by atomic mass is 16.2. The van der Waals surface area contributed by atoms with E-state index in [0.717, 1.165) is 49.9 Å². The van der Waals surface area contributed by atoms with Gasteiger partial charge in [0.1, 0.15) is 5.52 Å². The molecule has 3 fully saturated rings. The topological polar surface area (TPSA) is 57.0 Å². The Labute approximate surface area is 165 Å². The van der Waals surface area contributed by atoms with Gasteiger partial charge in [-0.05, 0) is 38.0 Å². The molecule has 28 heavy (non-hydrogen) atoms. The van der Waals surface area contributed by atoms with E-state index in [0.29, 0.717) is 12.0 Å². The Morgan fingerprint density at radius 3 is 2.86 bits per heavy atom. The first-order chi connectivity index (χ1) is 13.7. The van der Waals surface area contributed by atoms with Crippen LogP contribution >= 0.6 is 0 Å². The molecule has 3 saturated heterocycles. The minimum atomic E-state index is -0.0494. The third-order valence-electron chi connectivity index (χ3n) is 6.36. The molecule has 5 rings (SSSR count). The Morgan fingerprint density at radius 2 is 2.11 bits per heavy atom. The second-order valence-corrected chi connectivity index (χ2v) is 8.29. The van der Waals surface area contributed by atoms with Gasteiger partial charge >= 0.3 is 0 Å². The van der Waals surface area contributed by atoms with Crippen LogP contribution in [0.4, 0.5) is 11.8 Å². The maximum atomic E-state index is 12.2. The van der Waals surface area contributed by atoms with Gasteiger partial charge in [-0.2, -0.15) is 0 Å². The predicted octanol–water partition coefficient (Wildman–Crippen LogP) is 1.78. The number of amides is 1. The highest BCUT2D eigenvalue weighted by Gasteiger charge is 2.46. The molecule has 7 nitrogen and oxygen atoms in total. The van der Waals surface area contributed by atoms with E-state index in [-0.39, 0.29) is 11.9 Å². The van der Waals surface area contributed by atoms with Gasteiger partial charge in [-0.15, -0.1) is 0 Å². The van der Waals surface area contributed by atoms with Crippen LogP contribution in [0.1, 0.15) is 33.1 Å². The first-order valence-corrected chi connectivity index (χ1v) is 10.2. The molecule has 0 spiro atoms. The average Bonchev–Trinajstić information content (AvgIpc) is 3.41. The molecule has 5 heterocycles. The fourth-order valence-electron chi connectivity index (χ4n) is 5.08. The van der Waals surface area contributed by atoms with Crippen molar-refractivity contribution in [3.05, 3.63) is 18.6 Å². The largest absolute Gasteiger partial charge is 0.348 e. The smallest absolute Gasteiger partial charge is 0.298 e. The summed E-state index contributed by atoms with van der Waals surface area (Å²) in [5.41, 5.74) is 1.05. The van der Waals surface area contributed by atoms with Gasteiger partial charge < -0.3 is 14.7 Å². The van der Waals surface area contributed by atoms with Gasteiger partial charge in [0, 0.05) is 38.6 Å². The van der Waals surface area contributed by atoms with Crippen LogP contribution in [-0.4, -0.2) is 63.4 Å². The van der Waals surface area contributed by atoms with E-state index in [9.17, 15) is 4.79 Å². The highest BCUT2D eigenvalue weighted by molar-refractivity contribution is 5.94. The Bertz CT molecular complexity index is 972. The standard InChI is InChI=1S/C21H26N6O/c1-3-5-19(28)26-13-17-10-16(26)14-27(17)20-18-11-23-21(25(18)9-7-22-20)24-8-4-6-15(2)12-24/h7,9,11,15-17H,4,6,8,10,12-14H2,1-2H3/t15-,16+,17+/m1/s1. The van der Waals surface area contributed by atoms with E-state index in [1.165, 1.54) is 12.8 Å². The van der Waals surface area contributed by atoms with Crippen molar-refractivity contribution in [2.75, 3.05) is 36.0 Å². The molecule has 0 unspecified atom stereocenters. The molecule has 0 aromatic carbocycles. The van der Waals surface area contributed by atoms with E-state index < -0.39 is 0 Å². The third kappa shape index (κ3) is 2.70. The predicted molar refractivity (Wildman–Crippen MR) is 108 cm³/mol. The van der Waals surface area contributed by atoms with E-state index in [1.54, 1.807) is 6.92 Å². The molecule has 0 saturated carbocycles. The van der Waals surface area contributed by atoms with Crippen molar-refractivity contribution in [1.82, 2.24) is 19.3 Å². The average molecular weight is 378 g/mol. The molecule has 2 aromatic rings. The van der Waals surface area contributed by atoms with Crippen LogP contribution in [0.2, 0.25) is 0 Å². The lowest BCUT2D eigenvalue weighted by Crippen LogP contribution is -2.48. The van der Waals surface area contributed by atoms with Crippen molar-refractivity contribution < 1.29 is 4.79 Å². The number of likely N-dealkylation sites (tertiary alicyclic amines) is 1. The molecular weight excluding hydrogens is 352 g/mol. The van der Waals surface area contributed by atoms with Gasteiger partial charge in [0.2, 0.25) is 5.95 Å². The number of hydrogen-bond donors (Lipinski definition) is 0. The zero-order valence-corrected chi connectivity index (χ0v) is 16.5. The van der Waals surface area contributed by atoms with Crippen molar-refractivity contribution in [1.29, 1.82) is 0 Å². The summed E-state index contributed by atoms with van der Waals surface area (Å²) in [4.78, 5) is 28.3. The second kappa shape index (κ2) is 6.69. The first kappa shape index (κ1) is 17.4. The second-order valence-electron chi connectivity index (χ2n) is 8.29. The number of carbonyl (C=O) groups excluding carboxylic acids is 1. The lowest BCUT2D eigenvalue weighted by molar-refractivity contribution is -0.126. The van der Waals surface area contributed by atoms with Crippen LogP contribution in [0.3, 0.4) is 0 Å². The molecule has 3 aliphatic rings. The monoisotopic (exact) mass is 378 g/mol. The summed E-state index contributed by atoms with van der Waals surface area (Å²) in [5, 5.41) is 0. The molecule has 0 radical (unpaired) electrons. The molecule has 146 valence electrons. The summed E-state index contributed by atoms with van der Waals surface area (Å²) < 4.78 is 2.18. The van der Waals surface area contributed by atoms with Crippen LogP contribution in [0.25, 0.3) is 5.52 Å². The summed E-state index contributed by atoms with van der Waals surface area (Å²) in [5.74, 6) is 8.06. The lowest BCUT2D eigenvalue weighted by atomic mass is 10.0. The Kier molecular flexibility index (Phi) is 4.15. The normalized spacial score (nSPS) is 26.6. The number of piperazine rings is 1. The van der Waals surface area contributed by atoms with Gasteiger partial charge in [0.25, 0.3) is 5.91 Å².